The van der Waals surface area contributed by atoms with E-state index in [2.05, 4.69) is 31.1 Å². The number of hydrogen-bond donors (Lipinski definition) is 2. The van der Waals surface area contributed by atoms with Gasteiger partial charge in [0.25, 0.3) is 5.91 Å². The van der Waals surface area contributed by atoms with Crippen molar-refractivity contribution in [3.63, 3.8) is 0 Å². The summed E-state index contributed by atoms with van der Waals surface area (Å²) in [5, 5.41) is 2.85. The highest BCUT2D eigenvalue weighted by Crippen LogP contribution is 2.27. The van der Waals surface area contributed by atoms with Crippen molar-refractivity contribution in [1.82, 2.24) is 9.88 Å². The van der Waals surface area contributed by atoms with Crippen molar-refractivity contribution in [1.29, 1.82) is 0 Å². The zero-order valence-corrected chi connectivity index (χ0v) is 15.4. The molecule has 138 valence electrons. The Kier molecular flexibility index (Phi) is 6.22. The first kappa shape index (κ1) is 19.0. The maximum Gasteiger partial charge on any atom is 0.322 e. The number of amides is 3. The van der Waals surface area contributed by atoms with E-state index in [1.54, 1.807) is 0 Å². The van der Waals surface area contributed by atoms with Gasteiger partial charge >= 0.3 is 6.03 Å². The van der Waals surface area contributed by atoms with Crippen LogP contribution in [0.15, 0.2) is 12.3 Å². The van der Waals surface area contributed by atoms with E-state index < -0.39 is 5.91 Å². The lowest BCUT2D eigenvalue weighted by atomic mass is 9.95. The van der Waals surface area contributed by atoms with Crippen LogP contribution in [0.25, 0.3) is 0 Å². The Morgan fingerprint density at radius 1 is 1.36 bits per heavy atom. The fraction of sp³-hybridized carbons (Fsp3) is 0.611. The van der Waals surface area contributed by atoms with E-state index in [4.69, 9.17) is 10.5 Å². The molecular weight excluding hydrogens is 320 g/mol. The molecule has 2 atom stereocenters. The van der Waals surface area contributed by atoms with Crippen LogP contribution in [-0.2, 0) is 0 Å². The first-order chi connectivity index (χ1) is 11.8. The average molecular weight is 348 g/mol. The largest absolute Gasteiger partial charge is 0.480 e. The van der Waals surface area contributed by atoms with Gasteiger partial charge in [-0.25, -0.2) is 9.78 Å². The van der Waals surface area contributed by atoms with E-state index in [0.717, 1.165) is 25.8 Å². The number of rotatable bonds is 4. The molecule has 1 saturated heterocycles. The molecule has 0 radical (unpaired) electrons. The third kappa shape index (κ3) is 4.61. The molecular formula is C18H28N4O3. The SMILES string of the molecule is COc1ncc(NC(=O)N2CC[C@@H](C)CC[C@H]2C(C)C)cc1C(N)=O. The topological polar surface area (TPSA) is 97.6 Å². The predicted molar refractivity (Wildman–Crippen MR) is 96.7 cm³/mol. The first-order valence-corrected chi connectivity index (χ1v) is 8.75. The standard InChI is InChI=1S/C18H28N4O3/c1-11(2)15-6-5-12(3)7-8-22(15)18(24)21-13-9-14(16(19)23)17(25-4)20-10-13/h9-12,15H,5-8H2,1-4H3,(H2,19,23)(H,21,24)/t12-,15-/m0/s1. The minimum atomic E-state index is -0.649. The van der Waals surface area contributed by atoms with Gasteiger partial charge in [-0.15, -0.1) is 0 Å². The highest BCUT2D eigenvalue weighted by molar-refractivity contribution is 5.97. The molecule has 0 aromatic carbocycles. The number of hydrogen-bond acceptors (Lipinski definition) is 4. The summed E-state index contributed by atoms with van der Waals surface area (Å²) in [6.07, 6.45) is 4.58. The number of primary amides is 1. The van der Waals surface area contributed by atoms with Crippen LogP contribution >= 0.6 is 0 Å². The molecule has 0 spiro atoms. The number of urea groups is 1. The molecule has 1 fully saturated rings. The molecule has 0 aliphatic carbocycles. The fourth-order valence-electron chi connectivity index (χ4n) is 3.28. The molecule has 7 heteroatoms. The van der Waals surface area contributed by atoms with E-state index in [1.807, 2.05) is 4.90 Å². The van der Waals surface area contributed by atoms with Crippen LogP contribution in [0, 0.1) is 11.8 Å². The van der Waals surface area contributed by atoms with Crippen LogP contribution in [0.1, 0.15) is 50.4 Å². The Balaban J connectivity index is 2.19. The van der Waals surface area contributed by atoms with E-state index in [9.17, 15) is 9.59 Å². The predicted octanol–water partition coefficient (Wildman–Crippen LogP) is 2.87. The van der Waals surface area contributed by atoms with E-state index in [0.29, 0.717) is 17.5 Å². The molecule has 1 aliphatic rings. The van der Waals surface area contributed by atoms with Gasteiger partial charge in [0.15, 0.2) is 0 Å². The molecule has 2 rings (SSSR count). The summed E-state index contributed by atoms with van der Waals surface area (Å²) in [6.45, 7) is 7.23. The Hall–Kier alpha value is -2.31. The summed E-state index contributed by atoms with van der Waals surface area (Å²) in [6, 6.07) is 1.53. The normalized spacial score (nSPS) is 20.9. The molecule has 0 saturated carbocycles. The van der Waals surface area contributed by atoms with Gasteiger partial charge in [0.2, 0.25) is 5.88 Å². The Labute approximate surface area is 148 Å². The van der Waals surface area contributed by atoms with Gasteiger partial charge in [-0.1, -0.05) is 20.8 Å². The summed E-state index contributed by atoms with van der Waals surface area (Å²) in [7, 11) is 1.42. The quantitative estimate of drug-likeness (QED) is 0.874. The number of ether oxygens (including phenoxy) is 1. The lowest BCUT2D eigenvalue weighted by Crippen LogP contribution is -2.45. The van der Waals surface area contributed by atoms with Crippen molar-refractivity contribution in [2.24, 2.45) is 17.6 Å². The number of methoxy groups -OCH3 is 1. The maximum absolute atomic E-state index is 12.8. The molecule has 7 nitrogen and oxygen atoms in total. The highest BCUT2D eigenvalue weighted by Gasteiger charge is 2.29. The number of aromatic nitrogens is 1. The number of nitrogens with two attached hydrogens (primary N) is 1. The van der Waals surface area contributed by atoms with Crippen molar-refractivity contribution in [3.8, 4) is 5.88 Å². The number of nitrogens with one attached hydrogen (secondary N) is 1. The first-order valence-electron chi connectivity index (χ1n) is 8.75. The summed E-state index contributed by atoms with van der Waals surface area (Å²) >= 11 is 0. The van der Waals surface area contributed by atoms with Gasteiger partial charge in [-0.05, 0) is 37.2 Å². The van der Waals surface area contributed by atoms with Crippen LogP contribution < -0.4 is 15.8 Å². The van der Waals surface area contributed by atoms with Crippen molar-refractivity contribution < 1.29 is 14.3 Å². The zero-order chi connectivity index (χ0) is 18.6. The monoisotopic (exact) mass is 348 g/mol. The third-order valence-electron chi connectivity index (χ3n) is 4.81. The molecule has 1 aromatic rings. The Morgan fingerprint density at radius 2 is 2.08 bits per heavy atom. The van der Waals surface area contributed by atoms with E-state index in [1.165, 1.54) is 19.4 Å². The third-order valence-corrected chi connectivity index (χ3v) is 4.81. The second kappa shape index (κ2) is 8.18. The number of nitrogens with zero attached hydrogens (tertiary/aromatic N) is 2. The van der Waals surface area contributed by atoms with Crippen molar-refractivity contribution in [2.75, 3.05) is 19.0 Å². The molecule has 3 amide bonds. The molecule has 0 unspecified atom stereocenters. The van der Waals surface area contributed by atoms with Crippen molar-refractivity contribution >= 4 is 17.6 Å². The molecule has 1 aromatic heterocycles. The van der Waals surface area contributed by atoms with Crippen LogP contribution in [0.5, 0.6) is 5.88 Å². The zero-order valence-electron chi connectivity index (χ0n) is 15.4. The number of pyridine rings is 1. The number of carbonyl (C=O) groups is 2. The van der Waals surface area contributed by atoms with Crippen molar-refractivity contribution in [2.45, 2.75) is 46.1 Å². The van der Waals surface area contributed by atoms with E-state index >= 15 is 0 Å². The lowest BCUT2D eigenvalue weighted by molar-refractivity contribution is 0.0996. The lowest BCUT2D eigenvalue weighted by Gasteiger charge is -2.33. The van der Waals surface area contributed by atoms with Crippen LogP contribution in [0.3, 0.4) is 0 Å². The van der Waals surface area contributed by atoms with Crippen LogP contribution in [-0.4, -0.2) is 41.5 Å². The number of likely N-dealkylation sites (tertiary alicyclic amines) is 1. The van der Waals surface area contributed by atoms with Gasteiger partial charge in [-0.3, -0.25) is 4.79 Å². The Bertz CT molecular complexity index is 633. The summed E-state index contributed by atoms with van der Waals surface area (Å²) < 4.78 is 5.02. The molecule has 2 heterocycles. The minimum absolute atomic E-state index is 0.144. The van der Waals surface area contributed by atoms with Crippen molar-refractivity contribution in [3.05, 3.63) is 17.8 Å². The molecule has 3 N–H and O–H groups in total. The smallest absolute Gasteiger partial charge is 0.322 e. The van der Waals surface area contributed by atoms with E-state index in [-0.39, 0.29) is 23.5 Å². The minimum Gasteiger partial charge on any atom is -0.480 e. The second-order valence-electron chi connectivity index (χ2n) is 7.05. The summed E-state index contributed by atoms with van der Waals surface area (Å²) in [4.78, 5) is 30.3. The maximum atomic E-state index is 12.8. The van der Waals surface area contributed by atoms with Gasteiger partial charge in [-0.2, -0.15) is 0 Å². The molecule has 1 aliphatic heterocycles. The summed E-state index contributed by atoms with van der Waals surface area (Å²) in [5.41, 5.74) is 5.92. The Morgan fingerprint density at radius 3 is 2.68 bits per heavy atom. The highest BCUT2D eigenvalue weighted by atomic mass is 16.5. The van der Waals surface area contributed by atoms with Gasteiger partial charge in [0.1, 0.15) is 5.56 Å². The average Bonchev–Trinajstić information content (AvgIpc) is 2.76. The molecule has 0 bridgehead atoms. The fourth-order valence-corrected chi connectivity index (χ4v) is 3.28. The number of carbonyl (C=O) groups excluding carboxylic acids is 2. The van der Waals surface area contributed by atoms with Gasteiger partial charge < -0.3 is 20.7 Å². The van der Waals surface area contributed by atoms with Gasteiger partial charge in [0, 0.05) is 12.6 Å². The number of anilines is 1. The molecule has 25 heavy (non-hydrogen) atoms. The second-order valence-corrected chi connectivity index (χ2v) is 7.05. The summed E-state index contributed by atoms with van der Waals surface area (Å²) in [5.74, 6) is 0.493. The van der Waals surface area contributed by atoms with Crippen LogP contribution in [0.2, 0.25) is 0 Å². The van der Waals surface area contributed by atoms with Crippen LogP contribution in [0.4, 0.5) is 10.5 Å². The van der Waals surface area contributed by atoms with Gasteiger partial charge in [0.05, 0.1) is 19.0 Å².